The van der Waals surface area contributed by atoms with Gasteiger partial charge in [0.1, 0.15) is 0 Å². The summed E-state index contributed by atoms with van der Waals surface area (Å²) >= 11 is -3.56. The minimum atomic E-state index is -3.56. The van der Waals surface area contributed by atoms with Gasteiger partial charge in [-0.05, 0) is 0 Å². The van der Waals surface area contributed by atoms with Crippen LogP contribution in [0.1, 0.15) is 140 Å². The molecule has 0 aromatic heterocycles. The van der Waals surface area contributed by atoms with E-state index in [4.69, 9.17) is 6.15 Å². The van der Waals surface area contributed by atoms with Gasteiger partial charge >= 0.3 is 249 Å². The second kappa shape index (κ2) is 19.8. The zero-order chi connectivity index (χ0) is 28.3. The van der Waals surface area contributed by atoms with Gasteiger partial charge in [0.05, 0.1) is 0 Å². The Bertz CT molecular complexity index is 847. The summed E-state index contributed by atoms with van der Waals surface area (Å²) in [6.07, 6.45) is 20.3. The van der Waals surface area contributed by atoms with Gasteiger partial charge in [-0.1, -0.05) is 0 Å². The molecule has 0 aliphatic heterocycles. The molecular weight excluding hydrogens is 583 g/mol. The van der Waals surface area contributed by atoms with E-state index in [0.717, 1.165) is 46.1 Å². The van der Waals surface area contributed by atoms with E-state index < -0.39 is 19.2 Å². The van der Waals surface area contributed by atoms with E-state index in [1.165, 1.54) is 99.3 Å². The van der Waals surface area contributed by atoms with Crippen molar-refractivity contribution in [1.29, 1.82) is 0 Å². The van der Waals surface area contributed by atoms with Gasteiger partial charge in [0, 0.05) is 0 Å². The van der Waals surface area contributed by atoms with Crippen molar-refractivity contribution in [2.24, 2.45) is 0 Å². The van der Waals surface area contributed by atoms with Crippen LogP contribution in [-0.2, 0) is 12.8 Å². The van der Waals surface area contributed by atoms with Gasteiger partial charge in [-0.25, -0.2) is 0 Å². The topological polar surface area (TPSA) is 18.5 Å². The Morgan fingerprint density at radius 2 is 0.872 bits per heavy atom. The zero-order valence-corrected chi connectivity index (χ0v) is 29.4. The van der Waals surface area contributed by atoms with Crippen molar-refractivity contribution >= 4 is 19.2 Å². The van der Waals surface area contributed by atoms with E-state index in [1.807, 2.05) is 0 Å². The van der Waals surface area contributed by atoms with Crippen molar-refractivity contribution in [3.05, 3.63) is 58.7 Å². The second-order valence-electron chi connectivity index (χ2n) is 11.7. The molecule has 220 valence electrons. The summed E-state index contributed by atoms with van der Waals surface area (Å²) in [7, 11) is 0. The Hall–Kier alpha value is -1.16. The van der Waals surface area contributed by atoms with Crippen LogP contribution < -0.4 is 6.15 Å². The van der Waals surface area contributed by atoms with E-state index in [0.29, 0.717) is 0 Å². The first-order valence-electron chi connectivity index (χ1n) is 16.5. The zero-order valence-electron chi connectivity index (χ0n) is 26.5. The van der Waals surface area contributed by atoms with Crippen molar-refractivity contribution in [3.63, 3.8) is 0 Å². The van der Waals surface area contributed by atoms with Crippen LogP contribution in [-0.4, -0.2) is 19.2 Å². The van der Waals surface area contributed by atoms with Crippen LogP contribution in [0.4, 0.5) is 0 Å². The number of benzene rings is 2. The molecule has 3 heteroatoms. The van der Waals surface area contributed by atoms with Crippen LogP contribution in [0.2, 0.25) is 8.87 Å². The van der Waals surface area contributed by atoms with E-state index in [-0.39, 0.29) is 0 Å². The maximum atomic E-state index is 7.32. The molecule has 0 bridgehead atoms. The molecule has 0 fully saturated rings. The fourth-order valence-corrected chi connectivity index (χ4v) is 15.8. The van der Waals surface area contributed by atoms with Crippen LogP contribution >= 0.6 is 0 Å². The van der Waals surface area contributed by atoms with Crippen LogP contribution in [0, 0.1) is 13.8 Å². The fraction of sp³-hybridized carbons (Fsp3) is 0.667. The Morgan fingerprint density at radius 1 is 0.487 bits per heavy atom. The standard InChI is InChI=1S/2C10H14O.2C8H17.Sn/c2*1-3-5-9-6-4-7-10(11)8(9)2;2*1-3-5-7-8-6-4-2;/h2*4,6-7,11H,3,5H2,1-2H3;2*1,3-8H2,2H3;/q;;;;+2/p-2. The number of rotatable bonds is 22. The molecule has 0 saturated carbocycles. The number of hydrogen-bond acceptors (Lipinski definition) is 2. The van der Waals surface area contributed by atoms with Crippen LogP contribution in [0.5, 0.6) is 11.5 Å². The molecule has 2 rings (SSSR count). The van der Waals surface area contributed by atoms with Crippen LogP contribution in [0.3, 0.4) is 0 Å². The third-order valence-corrected chi connectivity index (χ3v) is 18.0. The monoisotopic (exact) mass is 644 g/mol. The van der Waals surface area contributed by atoms with Crippen molar-refractivity contribution in [2.75, 3.05) is 0 Å². The molecule has 0 radical (unpaired) electrons. The van der Waals surface area contributed by atoms with E-state index in [1.54, 1.807) is 0 Å². The third-order valence-electron chi connectivity index (χ3n) is 8.25. The average molecular weight is 644 g/mol. The Balaban J connectivity index is 2.38. The van der Waals surface area contributed by atoms with Crippen LogP contribution in [0.25, 0.3) is 0 Å². The van der Waals surface area contributed by atoms with Crippen molar-refractivity contribution in [3.8, 4) is 11.5 Å². The average Bonchev–Trinajstić information content (AvgIpc) is 2.93. The Labute approximate surface area is 247 Å². The molecule has 0 aliphatic carbocycles. The van der Waals surface area contributed by atoms with Gasteiger partial charge in [-0.2, -0.15) is 0 Å². The summed E-state index contributed by atoms with van der Waals surface area (Å²) in [5.74, 6) is 2.19. The molecule has 0 spiro atoms. The van der Waals surface area contributed by atoms with Gasteiger partial charge in [0.25, 0.3) is 0 Å². The molecule has 0 unspecified atom stereocenters. The quantitative estimate of drug-likeness (QED) is 0.0939. The second-order valence-corrected chi connectivity index (χ2v) is 20.9. The summed E-state index contributed by atoms with van der Waals surface area (Å²) in [6, 6.07) is 13.4. The number of hydrogen-bond donors (Lipinski definition) is 0. The Morgan fingerprint density at radius 3 is 1.26 bits per heavy atom. The van der Waals surface area contributed by atoms with Gasteiger partial charge in [0.2, 0.25) is 0 Å². The number of aryl methyl sites for hydroxylation is 2. The molecule has 0 N–H and O–H groups in total. The predicted octanol–water partition coefficient (Wildman–Crippen LogP) is 11.8. The van der Waals surface area contributed by atoms with E-state index in [9.17, 15) is 0 Å². The van der Waals surface area contributed by atoms with Crippen molar-refractivity contribution < 1.29 is 6.15 Å². The molecule has 0 atom stereocenters. The van der Waals surface area contributed by atoms with Gasteiger partial charge < -0.3 is 0 Å². The van der Waals surface area contributed by atoms with Gasteiger partial charge in [-0.3, -0.25) is 0 Å². The number of unbranched alkanes of at least 4 members (excludes halogenated alkanes) is 10. The summed E-state index contributed by atoms with van der Waals surface area (Å²) in [4.78, 5) is 0. The third kappa shape index (κ3) is 12.1. The fourth-order valence-electron chi connectivity index (χ4n) is 5.72. The normalized spacial score (nSPS) is 11.6. The van der Waals surface area contributed by atoms with Crippen molar-refractivity contribution in [1.82, 2.24) is 0 Å². The molecule has 0 saturated heterocycles. The first-order valence-corrected chi connectivity index (χ1v) is 22.9. The Kier molecular flexibility index (Phi) is 17.3. The molecule has 39 heavy (non-hydrogen) atoms. The molecule has 0 amide bonds. The summed E-state index contributed by atoms with van der Waals surface area (Å²) in [5.41, 5.74) is 5.50. The SMILES string of the molecule is CCCCCCC[CH2][Sn]([CH2]CCCCCCC)([O]c1cccc(CCC)c1C)[O]c1cccc(CCC)c1C. The maximum absolute atomic E-state index is 7.32. The van der Waals surface area contributed by atoms with E-state index in [2.05, 4.69) is 77.9 Å². The molecule has 2 aromatic rings. The first kappa shape index (κ1) is 34.0. The molecule has 0 aliphatic rings. The van der Waals surface area contributed by atoms with Gasteiger partial charge in [-0.15, -0.1) is 0 Å². The van der Waals surface area contributed by atoms with E-state index >= 15 is 0 Å². The molecule has 0 heterocycles. The first-order chi connectivity index (χ1) is 19.0. The minimum absolute atomic E-state index is 1.09. The molecular formula is C36H60O2Sn. The van der Waals surface area contributed by atoms with Gasteiger partial charge in [0.15, 0.2) is 0 Å². The predicted molar refractivity (Wildman–Crippen MR) is 174 cm³/mol. The summed E-state index contributed by atoms with van der Waals surface area (Å²) in [5, 5.41) is 0. The molecule has 2 aromatic carbocycles. The summed E-state index contributed by atoms with van der Waals surface area (Å²) in [6.45, 7) is 13.7. The molecule has 2 nitrogen and oxygen atoms in total. The summed E-state index contributed by atoms with van der Waals surface area (Å²) < 4.78 is 16.9. The van der Waals surface area contributed by atoms with Crippen LogP contribution in [0.15, 0.2) is 36.4 Å². The van der Waals surface area contributed by atoms with Crippen molar-refractivity contribution in [2.45, 2.75) is 153 Å².